The lowest BCUT2D eigenvalue weighted by Crippen LogP contribution is -2.37. The van der Waals surface area contributed by atoms with Gasteiger partial charge < -0.3 is 19.7 Å². The van der Waals surface area contributed by atoms with Crippen molar-refractivity contribution in [3.63, 3.8) is 0 Å². The first-order valence-corrected chi connectivity index (χ1v) is 11.0. The number of carbonyl (C=O) groups excluding carboxylic acids is 1. The predicted octanol–water partition coefficient (Wildman–Crippen LogP) is 4.51. The molecule has 1 fully saturated rings. The van der Waals surface area contributed by atoms with E-state index in [1.165, 1.54) is 0 Å². The van der Waals surface area contributed by atoms with Crippen LogP contribution in [0.5, 0.6) is 0 Å². The first-order chi connectivity index (χ1) is 15.7. The maximum Gasteiger partial charge on any atom is 0.260 e. The van der Waals surface area contributed by atoms with E-state index < -0.39 is 6.10 Å². The number of benzene rings is 2. The molecule has 4 heterocycles. The zero-order valence-corrected chi connectivity index (χ0v) is 17.9. The van der Waals surface area contributed by atoms with Gasteiger partial charge in [0.1, 0.15) is 11.6 Å². The molecule has 0 aliphatic carbocycles. The summed E-state index contributed by atoms with van der Waals surface area (Å²) in [6, 6.07) is 17.5. The molecule has 0 bridgehead atoms. The highest BCUT2D eigenvalue weighted by Gasteiger charge is 2.39. The summed E-state index contributed by atoms with van der Waals surface area (Å²) >= 11 is 6.99. The Labute approximate surface area is 190 Å². The lowest BCUT2D eigenvalue weighted by molar-refractivity contribution is -0.110. The summed E-state index contributed by atoms with van der Waals surface area (Å²) < 4.78 is 12.0. The predicted molar refractivity (Wildman–Crippen MR) is 124 cm³/mol. The van der Waals surface area contributed by atoms with E-state index in [1.54, 1.807) is 6.20 Å². The second kappa shape index (κ2) is 7.65. The van der Waals surface area contributed by atoms with Gasteiger partial charge in [0.25, 0.3) is 5.91 Å². The van der Waals surface area contributed by atoms with Crippen molar-refractivity contribution in [2.75, 3.05) is 36.5 Å². The monoisotopic (exact) mass is 445 g/mol. The van der Waals surface area contributed by atoms with Gasteiger partial charge >= 0.3 is 0 Å². The van der Waals surface area contributed by atoms with E-state index in [-0.39, 0.29) is 5.91 Å². The van der Waals surface area contributed by atoms with Crippen molar-refractivity contribution in [2.24, 2.45) is 0 Å². The average molecular weight is 446 g/mol. The van der Waals surface area contributed by atoms with Crippen molar-refractivity contribution in [2.45, 2.75) is 6.10 Å². The molecular weight excluding hydrogens is 426 g/mol. The Bertz CT molecular complexity index is 1250. The van der Waals surface area contributed by atoms with Crippen LogP contribution in [0.25, 0.3) is 11.3 Å². The number of nitrogens with zero attached hydrogens (tertiary/aromatic N) is 2. The number of para-hydroxylation sites is 1. The number of fused-ring (bicyclic) bond motifs is 2. The van der Waals surface area contributed by atoms with Crippen molar-refractivity contribution in [1.29, 1.82) is 0 Å². The molecule has 3 aliphatic heterocycles. The van der Waals surface area contributed by atoms with E-state index in [0.717, 1.165) is 46.8 Å². The highest BCUT2D eigenvalue weighted by Crippen LogP contribution is 2.51. The van der Waals surface area contributed by atoms with E-state index in [1.807, 2.05) is 54.6 Å². The van der Waals surface area contributed by atoms with Gasteiger partial charge in [-0.3, -0.25) is 4.79 Å². The molecule has 1 amide bonds. The molecular formula is C25H20ClN3O3. The van der Waals surface area contributed by atoms with Gasteiger partial charge in [-0.05, 0) is 11.6 Å². The molecule has 32 heavy (non-hydrogen) atoms. The molecule has 1 atom stereocenters. The molecule has 7 heteroatoms. The van der Waals surface area contributed by atoms with E-state index in [9.17, 15) is 4.79 Å². The Balaban J connectivity index is 1.56. The third-order valence-corrected chi connectivity index (χ3v) is 6.47. The molecule has 6 nitrogen and oxygen atoms in total. The number of amides is 1. The molecule has 6 rings (SSSR count). The number of hydrogen-bond donors (Lipinski definition) is 1. The largest absolute Gasteiger partial charge is 0.479 e. The van der Waals surface area contributed by atoms with Gasteiger partial charge in [0.2, 0.25) is 0 Å². The summed E-state index contributed by atoms with van der Waals surface area (Å²) in [6.45, 7) is 2.73. The Kier molecular flexibility index (Phi) is 4.63. The van der Waals surface area contributed by atoms with Crippen molar-refractivity contribution in [3.8, 4) is 0 Å². The quantitative estimate of drug-likeness (QED) is 0.588. The molecule has 0 saturated carbocycles. The van der Waals surface area contributed by atoms with Crippen molar-refractivity contribution in [1.82, 2.24) is 4.98 Å². The van der Waals surface area contributed by atoms with Gasteiger partial charge in [0.05, 0.1) is 23.8 Å². The zero-order valence-electron chi connectivity index (χ0n) is 17.2. The second-order valence-electron chi connectivity index (χ2n) is 7.93. The van der Waals surface area contributed by atoms with Crippen LogP contribution in [0, 0.1) is 0 Å². The molecule has 3 aliphatic rings. The van der Waals surface area contributed by atoms with Gasteiger partial charge in [-0.1, -0.05) is 60.1 Å². The molecule has 3 aromatic rings. The third-order valence-electron chi connectivity index (χ3n) is 6.09. The van der Waals surface area contributed by atoms with Gasteiger partial charge in [-0.15, -0.1) is 0 Å². The van der Waals surface area contributed by atoms with Crippen LogP contribution in [0.15, 0.2) is 60.8 Å². The topological polar surface area (TPSA) is 63.7 Å². The Morgan fingerprint density at radius 1 is 1.00 bits per heavy atom. The maximum absolute atomic E-state index is 12.9. The van der Waals surface area contributed by atoms with Crippen LogP contribution in [-0.2, 0) is 14.3 Å². The van der Waals surface area contributed by atoms with E-state index in [4.69, 9.17) is 26.1 Å². The SMILES string of the molecule is O=C1Nc2ccccc2/C1=C1\OC(c2ccccc2)c2c1cnc(N1CCOCC1)c2Cl. The Morgan fingerprint density at radius 2 is 1.75 bits per heavy atom. The van der Waals surface area contributed by atoms with Crippen LogP contribution >= 0.6 is 11.6 Å². The first-order valence-electron chi connectivity index (χ1n) is 10.6. The van der Waals surface area contributed by atoms with Gasteiger partial charge in [0.15, 0.2) is 6.10 Å². The van der Waals surface area contributed by atoms with E-state index >= 15 is 0 Å². The fraction of sp³-hybridized carbons (Fsp3) is 0.200. The van der Waals surface area contributed by atoms with E-state index in [2.05, 4.69) is 10.2 Å². The Hall–Kier alpha value is -3.35. The van der Waals surface area contributed by atoms with Gasteiger partial charge in [-0.2, -0.15) is 0 Å². The number of hydrogen-bond acceptors (Lipinski definition) is 5. The summed E-state index contributed by atoms with van der Waals surface area (Å²) in [4.78, 5) is 19.8. The van der Waals surface area contributed by atoms with Gasteiger partial charge in [-0.25, -0.2) is 4.98 Å². The fourth-order valence-electron chi connectivity index (χ4n) is 4.56. The second-order valence-corrected chi connectivity index (χ2v) is 8.31. The van der Waals surface area contributed by atoms with Gasteiger partial charge in [0, 0.05) is 41.7 Å². The first kappa shape index (κ1) is 19.3. The molecule has 1 saturated heterocycles. The number of pyridine rings is 1. The molecule has 2 aromatic carbocycles. The number of aromatic nitrogens is 1. The number of carbonyl (C=O) groups is 1. The maximum atomic E-state index is 12.9. The summed E-state index contributed by atoms with van der Waals surface area (Å²) in [5, 5.41) is 3.49. The summed E-state index contributed by atoms with van der Waals surface area (Å²) in [5.41, 5.74) is 4.67. The lowest BCUT2D eigenvalue weighted by Gasteiger charge is -2.29. The summed E-state index contributed by atoms with van der Waals surface area (Å²) in [5.74, 6) is 1.05. The minimum absolute atomic E-state index is 0.186. The molecule has 0 radical (unpaired) electrons. The summed E-state index contributed by atoms with van der Waals surface area (Å²) in [7, 11) is 0. The normalized spacial score (nSPS) is 21.7. The van der Waals surface area contributed by atoms with Crippen LogP contribution in [0.3, 0.4) is 0 Å². The number of nitrogens with one attached hydrogen (secondary N) is 1. The van der Waals surface area contributed by atoms with Crippen molar-refractivity contribution in [3.05, 3.63) is 88.1 Å². The van der Waals surface area contributed by atoms with E-state index in [0.29, 0.717) is 29.6 Å². The van der Waals surface area contributed by atoms with Crippen molar-refractivity contribution < 1.29 is 14.3 Å². The zero-order chi connectivity index (χ0) is 21.7. The average Bonchev–Trinajstić information content (AvgIpc) is 3.37. The molecule has 1 unspecified atom stereocenters. The Morgan fingerprint density at radius 3 is 2.56 bits per heavy atom. The fourth-order valence-corrected chi connectivity index (χ4v) is 4.93. The van der Waals surface area contributed by atoms with Crippen LogP contribution < -0.4 is 10.2 Å². The van der Waals surface area contributed by atoms with Crippen LogP contribution in [0.2, 0.25) is 5.02 Å². The van der Waals surface area contributed by atoms with Crippen LogP contribution in [0.1, 0.15) is 28.4 Å². The van der Waals surface area contributed by atoms with Crippen LogP contribution in [0.4, 0.5) is 11.5 Å². The lowest BCUT2D eigenvalue weighted by atomic mass is 9.97. The number of ether oxygens (including phenoxy) is 2. The number of rotatable bonds is 2. The smallest absolute Gasteiger partial charge is 0.260 e. The third kappa shape index (κ3) is 2.98. The van der Waals surface area contributed by atoms with Crippen LogP contribution in [-0.4, -0.2) is 37.2 Å². The number of anilines is 2. The molecule has 0 spiro atoms. The molecule has 1 N–H and O–H groups in total. The summed E-state index contributed by atoms with van der Waals surface area (Å²) in [6.07, 6.45) is 1.36. The highest BCUT2D eigenvalue weighted by molar-refractivity contribution is 6.37. The molecule has 160 valence electrons. The number of morpholine rings is 1. The minimum Gasteiger partial charge on any atom is -0.479 e. The highest BCUT2D eigenvalue weighted by atomic mass is 35.5. The number of halogens is 1. The minimum atomic E-state index is -0.426. The molecule has 1 aromatic heterocycles. The standard InChI is InChI=1S/C25H20ClN3O3/c26-21-19-17(14-27-24(21)29-10-12-31-13-11-29)23(32-22(19)15-6-2-1-3-7-15)20-16-8-4-5-9-18(16)28-25(20)30/h1-9,14,22H,10-13H2,(H,28,30)/b23-20+. The van der Waals surface area contributed by atoms with Crippen molar-refractivity contribution >= 4 is 40.3 Å².